The Balaban J connectivity index is 1.85. The Labute approximate surface area is 141 Å². The van der Waals surface area contributed by atoms with Gasteiger partial charge in [-0.25, -0.2) is 4.39 Å². The molecule has 23 heavy (non-hydrogen) atoms. The number of aryl methyl sites for hydroxylation is 1. The molecule has 0 bridgehead atoms. The van der Waals surface area contributed by atoms with Crippen molar-refractivity contribution < 1.29 is 13.9 Å². The van der Waals surface area contributed by atoms with E-state index in [0.717, 1.165) is 24.1 Å². The minimum atomic E-state index is -0.338. The van der Waals surface area contributed by atoms with E-state index in [9.17, 15) is 9.18 Å². The molecule has 1 aromatic carbocycles. The maximum atomic E-state index is 13.2. The zero-order valence-corrected chi connectivity index (χ0v) is 14.2. The van der Waals surface area contributed by atoms with Crippen molar-refractivity contribution in [1.82, 2.24) is 15.5 Å². The van der Waals surface area contributed by atoms with E-state index in [-0.39, 0.29) is 23.9 Å². The van der Waals surface area contributed by atoms with Crippen molar-refractivity contribution in [1.29, 1.82) is 0 Å². The van der Waals surface area contributed by atoms with Gasteiger partial charge < -0.3 is 10.1 Å². The van der Waals surface area contributed by atoms with Gasteiger partial charge in [-0.15, -0.1) is 0 Å². The van der Waals surface area contributed by atoms with Crippen molar-refractivity contribution in [3.63, 3.8) is 0 Å². The van der Waals surface area contributed by atoms with Crippen molar-refractivity contribution >= 4 is 21.8 Å². The van der Waals surface area contributed by atoms with E-state index >= 15 is 0 Å². The summed E-state index contributed by atoms with van der Waals surface area (Å²) in [5.74, 6) is -0.608. The molecule has 1 amide bonds. The third kappa shape index (κ3) is 3.45. The first-order chi connectivity index (χ1) is 11.1. The normalized spacial score (nSPS) is 18.8. The van der Waals surface area contributed by atoms with Gasteiger partial charge in [-0.3, -0.25) is 9.89 Å². The number of aromatic nitrogens is 2. The largest absolute Gasteiger partial charge is 0.376 e. The molecule has 3 rings (SSSR count). The summed E-state index contributed by atoms with van der Waals surface area (Å²) in [6.45, 7) is 2.49. The van der Waals surface area contributed by atoms with Crippen molar-refractivity contribution in [3.05, 3.63) is 51.5 Å². The van der Waals surface area contributed by atoms with Gasteiger partial charge in [0.1, 0.15) is 5.82 Å². The first-order valence-corrected chi connectivity index (χ1v) is 8.24. The predicted molar refractivity (Wildman–Crippen MR) is 86.6 cm³/mol. The van der Waals surface area contributed by atoms with Crippen LogP contribution < -0.4 is 5.32 Å². The van der Waals surface area contributed by atoms with E-state index in [1.165, 1.54) is 12.1 Å². The van der Waals surface area contributed by atoms with Gasteiger partial charge in [0.25, 0.3) is 5.91 Å². The number of benzene rings is 1. The van der Waals surface area contributed by atoms with Crippen LogP contribution in [0.25, 0.3) is 0 Å². The number of H-pyrrole nitrogens is 1. The number of rotatable bonds is 4. The topological polar surface area (TPSA) is 67.0 Å². The lowest BCUT2D eigenvalue weighted by Gasteiger charge is -2.24. The standard InChI is InChI=1S/C16H17BrFN3O2/c1-9-13(17)15(21-20-9)16(22)19-14(12-3-2-8-23-12)10-4-6-11(18)7-5-10/h4-7,12,14H,2-3,8H2,1H3,(H,19,22)(H,20,21)/t12-,14-/m1/s1. The number of carbonyl (C=O) groups excluding carboxylic acids is 1. The molecule has 0 saturated carbocycles. The number of aromatic amines is 1. The van der Waals surface area contributed by atoms with E-state index in [4.69, 9.17) is 4.74 Å². The van der Waals surface area contributed by atoms with Crippen LogP contribution >= 0.6 is 15.9 Å². The van der Waals surface area contributed by atoms with Crippen molar-refractivity contribution in [2.45, 2.75) is 31.9 Å². The molecule has 0 aliphatic carbocycles. The summed E-state index contributed by atoms with van der Waals surface area (Å²) in [7, 11) is 0. The smallest absolute Gasteiger partial charge is 0.273 e. The van der Waals surface area contributed by atoms with Gasteiger partial charge in [0.15, 0.2) is 5.69 Å². The quantitative estimate of drug-likeness (QED) is 0.853. The minimum absolute atomic E-state index is 0.122. The Kier molecular flexibility index (Phi) is 4.77. The fraction of sp³-hybridized carbons (Fsp3) is 0.375. The van der Waals surface area contributed by atoms with Crippen LogP contribution in [-0.2, 0) is 4.74 Å². The fourth-order valence-electron chi connectivity index (χ4n) is 2.70. The lowest BCUT2D eigenvalue weighted by atomic mass is 9.99. The Hall–Kier alpha value is -1.73. The molecule has 2 heterocycles. The highest BCUT2D eigenvalue weighted by Crippen LogP contribution is 2.28. The summed E-state index contributed by atoms with van der Waals surface area (Å²) in [6.07, 6.45) is 1.68. The number of nitrogens with one attached hydrogen (secondary N) is 2. The van der Waals surface area contributed by atoms with Crippen LogP contribution in [0.3, 0.4) is 0 Å². The Bertz CT molecular complexity index is 696. The van der Waals surface area contributed by atoms with Crippen LogP contribution in [0.4, 0.5) is 4.39 Å². The van der Waals surface area contributed by atoms with E-state index in [0.29, 0.717) is 16.8 Å². The van der Waals surface area contributed by atoms with Gasteiger partial charge in [-0.1, -0.05) is 12.1 Å². The van der Waals surface area contributed by atoms with Crippen molar-refractivity contribution in [3.8, 4) is 0 Å². The molecule has 0 spiro atoms. The zero-order valence-electron chi connectivity index (χ0n) is 12.6. The summed E-state index contributed by atoms with van der Waals surface area (Å²) >= 11 is 3.35. The number of amides is 1. The minimum Gasteiger partial charge on any atom is -0.376 e. The predicted octanol–water partition coefficient (Wildman–Crippen LogP) is 3.27. The van der Waals surface area contributed by atoms with Crippen molar-refractivity contribution in [2.24, 2.45) is 0 Å². The third-order valence-corrected chi connectivity index (χ3v) is 4.91. The maximum Gasteiger partial charge on any atom is 0.273 e. The molecular weight excluding hydrogens is 365 g/mol. The van der Waals surface area contributed by atoms with E-state index in [2.05, 4.69) is 31.4 Å². The summed E-state index contributed by atoms with van der Waals surface area (Å²) in [5, 5.41) is 9.75. The summed E-state index contributed by atoms with van der Waals surface area (Å²) in [4.78, 5) is 12.5. The van der Waals surface area contributed by atoms with Gasteiger partial charge in [0.2, 0.25) is 0 Å². The molecule has 5 nitrogen and oxygen atoms in total. The molecule has 1 aliphatic heterocycles. The molecule has 1 saturated heterocycles. The summed E-state index contributed by atoms with van der Waals surface area (Å²) in [6, 6.07) is 5.78. The Morgan fingerprint density at radius 3 is 2.78 bits per heavy atom. The molecule has 2 atom stereocenters. The highest BCUT2D eigenvalue weighted by molar-refractivity contribution is 9.10. The highest BCUT2D eigenvalue weighted by Gasteiger charge is 2.30. The molecule has 122 valence electrons. The van der Waals surface area contributed by atoms with E-state index in [1.54, 1.807) is 12.1 Å². The van der Waals surface area contributed by atoms with Gasteiger partial charge in [-0.2, -0.15) is 5.10 Å². The first-order valence-electron chi connectivity index (χ1n) is 7.44. The highest BCUT2D eigenvalue weighted by atomic mass is 79.9. The number of nitrogens with zero attached hydrogens (tertiary/aromatic N) is 1. The first kappa shape index (κ1) is 16.1. The zero-order chi connectivity index (χ0) is 16.4. The Morgan fingerprint density at radius 1 is 1.48 bits per heavy atom. The van der Waals surface area contributed by atoms with Crippen LogP contribution in [0.5, 0.6) is 0 Å². The number of carbonyl (C=O) groups is 1. The molecule has 2 aromatic rings. The van der Waals surface area contributed by atoms with Crippen LogP contribution in [-0.4, -0.2) is 28.8 Å². The third-order valence-electron chi connectivity index (χ3n) is 3.94. The van der Waals surface area contributed by atoms with Crippen LogP contribution in [0.15, 0.2) is 28.7 Å². The second-order valence-corrected chi connectivity index (χ2v) is 6.36. The number of hydrogen-bond acceptors (Lipinski definition) is 3. The second kappa shape index (κ2) is 6.80. The average Bonchev–Trinajstić information content (AvgIpc) is 3.17. The molecule has 7 heteroatoms. The van der Waals surface area contributed by atoms with Gasteiger partial charge in [0.05, 0.1) is 16.6 Å². The molecule has 1 aliphatic rings. The summed E-state index contributed by atoms with van der Waals surface area (Å²) < 4.78 is 19.5. The molecular formula is C16H17BrFN3O2. The number of halogens is 2. The van der Waals surface area contributed by atoms with Gasteiger partial charge in [-0.05, 0) is 53.4 Å². The monoisotopic (exact) mass is 381 g/mol. The second-order valence-electron chi connectivity index (χ2n) is 5.57. The van der Waals surface area contributed by atoms with Gasteiger partial charge >= 0.3 is 0 Å². The lowest BCUT2D eigenvalue weighted by molar-refractivity contribution is 0.0669. The van der Waals surface area contributed by atoms with Crippen LogP contribution in [0.1, 0.15) is 40.6 Å². The van der Waals surface area contributed by atoms with Gasteiger partial charge in [0, 0.05) is 12.3 Å². The van der Waals surface area contributed by atoms with E-state index < -0.39 is 0 Å². The van der Waals surface area contributed by atoms with E-state index in [1.807, 2.05) is 6.92 Å². The van der Waals surface area contributed by atoms with Crippen LogP contribution in [0.2, 0.25) is 0 Å². The Morgan fingerprint density at radius 2 is 2.22 bits per heavy atom. The SMILES string of the molecule is Cc1[nH]nc(C(=O)N[C@H](c2ccc(F)cc2)[C@H]2CCCO2)c1Br. The average molecular weight is 382 g/mol. The molecule has 1 fully saturated rings. The number of hydrogen-bond donors (Lipinski definition) is 2. The summed E-state index contributed by atoms with van der Waals surface area (Å²) in [5.41, 5.74) is 1.90. The maximum absolute atomic E-state index is 13.2. The molecule has 0 unspecified atom stereocenters. The van der Waals surface area contributed by atoms with Crippen molar-refractivity contribution in [2.75, 3.05) is 6.61 Å². The lowest BCUT2D eigenvalue weighted by Crippen LogP contribution is -2.36. The number of ether oxygens (including phenoxy) is 1. The molecule has 1 aromatic heterocycles. The fourth-order valence-corrected chi connectivity index (χ4v) is 3.06. The molecule has 2 N–H and O–H groups in total. The van der Waals surface area contributed by atoms with Crippen LogP contribution in [0, 0.1) is 12.7 Å². The molecule has 0 radical (unpaired) electrons.